The van der Waals surface area contributed by atoms with E-state index in [0.29, 0.717) is 0 Å². The lowest BCUT2D eigenvalue weighted by atomic mass is 9.88. The van der Waals surface area contributed by atoms with Gasteiger partial charge in [0, 0.05) is 6.54 Å². The van der Waals surface area contributed by atoms with Crippen molar-refractivity contribution in [1.29, 1.82) is 5.26 Å². The highest BCUT2D eigenvalue weighted by atomic mass is 14.9. The van der Waals surface area contributed by atoms with Gasteiger partial charge in [-0.1, -0.05) is 78.4 Å². The Hall–Kier alpha value is -3.31. The van der Waals surface area contributed by atoms with Gasteiger partial charge in [0.25, 0.3) is 0 Å². The molecular formula is C28H28N2. The van der Waals surface area contributed by atoms with E-state index in [2.05, 4.69) is 84.2 Å². The first-order valence-corrected chi connectivity index (χ1v) is 10.9. The number of aryl methyl sites for hydroxylation is 1. The van der Waals surface area contributed by atoms with E-state index >= 15 is 0 Å². The molecule has 0 aliphatic heterocycles. The minimum atomic E-state index is 0.784. The van der Waals surface area contributed by atoms with Gasteiger partial charge in [0.05, 0.1) is 11.3 Å². The number of rotatable bonds is 8. The fourth-order valence-electron chi connectivity index (χ4n) is 4.01. The zero-order valence-electron chi connectivity index (χ0n) is 17.4. The van der Waals surface area contributed by atoms with Crippen LogP contribution in [0.25, 0.3) is 11.1 Å². The van der Waals surface area contributed by atoms with Gasteiger partial charge in [-0.25, -0.2) is 0 Å². The summed E-state index contributed by atoms with van der Waals surface area (Å²) >= 11 is 0. The molecule has 150 valence electrons. The summed E-state index contributed by atoms with van der Waals surface area (Å²) in [5, 5.41) is 13.6. The molecule has 4 rings (SSSR count). The summed E-state index contributed by atoms with van der Waals surface area (Å²) in [5.74, 6) is 0. The van der Waals surface area contributed by atoms with E-state index in [1.54, 1.807) is 0 Å². The van der Waals surface area contributed by atoms with Gasteiger partial charge in [0.15, 0.2) is 0 Å². The summed E-state index contributed by atoms with van der Waals surface area (Å²) in [5.41, 5.74) is 8.09. The highest BCUT2D eigenvalue weighted by Gasteiger charge is 2.15. The summed E-state index contributed by atoms with van der Waals surface area (Å²) in [4.78, 5) is 0. The van der Waals surface area contributed by atoms with Crippen molar-refractivity contribution in [3.63, 3.8) is 0 Å². The summed E-state index contributed by atoms with van der Waals surface area (Å²) in [6.45, 7) is 0.856. The van der Waals surface area contributed by atoms with Crippen molar-refractivity contribution in [2.45, 2.75) is 38.5 Å². The molecule has 0 amide bonds. The van der Waals surface area contributed by atoms with Crippen LogP contribution in [0, 0.1) is 11.3 Å². The number of anilines is 1. The van der Waals surface area contributed by atoms with E-state index in [-0.39, 0.29) is 0 Å². The van der Waals surface area contributed by atoms with E-state index in [9.17, 15) is 5.26 Å². The van der Waals surface area contributed by atoms with Gasteiger partial charge in [-0.2, -0.15) is 5.26 Å². The third-order valence-electron chi connectivity index (χ3n) is 5.90. The van der Waals surface area contributed by atoms with Crippen molar-refractivity contribution in [1.82, 2.24) is 0 Å². The third-order valence-corrected chi connectivity index (χ3v) is 5.90. The Morgan fingerprint density at radius 2 is 1.63 bits per heavy atom. The largest absolute Gasteiger partial charge is 0.384 e. The van der Waals surface area contributed by atoms with Crippen molar-refractivity contribution >= 4 is 5.69 Å². The van der Waals surface area contributed by atoms with Crippen LogP contribution in [0.4, 0.5) is 5.69 Å². The predicted octanol–water partition coefficient (Wildman–Crippen LogP) is 6.92. The van der Waals surface area contributed by atoms with Crippen LogP contribution < -0.4 is 5.32 Å². The molecule has 3 aromatic carbocycles. The molecule has 1 saturated carbocycles. The summed E-state index contributed by atoms with van der Waals surface area (Å²) in [7, 11) is 0. The topological polar surface area (TPSA) is 35.8 Å². The Labute approximate surface area is 179 Å². The molecule has 3 aromatic rings. The van der Waals surface area contributed by atoms with Gasteiger partial charge in [0.1, 0.15) is 6.07 Å². The van der Waals surface area contributed by atoms with Crippen LogP contribution in [0.15, 0.2) is 84.4 Å². The molecule has 2 nitrogen and oxygen atoms in total. The first-order chi connectivity index (χ1) is 14.8. The molecule has 0 bridgehead atoms. The normalized spacial score (nSPS) is 12.7. The molecule has 0 saturated heterocycles. The maximum Gasteiger partial charge on any atom is 0.102 e. The van der Waals surface area contributed by atoms with Gasteiger partial charge in [0.2, 0.25) is 0 Å². The number of nitrogens with zero attached hydrogens (tertiary/aromatic N) is 1. The van der Waals surface area contributed by atoms with Crippen molar-refractivity contribution in [2.24, 2.45) is 0 Å². The monoisotopic (exact) mass is 392 g/mol. The summed E-state index contributed by atoms with van der Waals surface area (Å²) in [6.07, 6.45) is 8.95. The molecule has 0 heterocycles. The number of hydrogen-bond acceptors (Lipinski definition) is 2. The molecule has 1 fully saturated rings. The van der Waals surface area contributed by atoms with Crippen LogP contribution in [0.5, 0.6) is 0 Å². The molecule has 0 atom stereocenters. The third kappa shape index (κ3) is 4.81. The van der Waals surface area contributed by atoms with Crippen LogP contribution in [-0.2, 0) is 12.8 Å². The SMILES string of the molecule is N#Cc1c(NCCCc2ccccc2)ccc(-c2ccccc2)c1CC=C1CCC1. The maximum absolute atomic E-state index is 10.0. The molecule has 0 unspecified atom stereocenters. The zero-order chi connectivity index (χ0) is 20.6. The van der Waals surface area contributed by atoms with Crippen molar-refractivity contribution in [2.75, 3.05) is 11.9 Å². The molecular weight excluding hydrogens is 364 g/mol. The van der Waals surface area contributed by atoms with Crippen LogP contribution in [0.2, 0.25) is 0 Å². The van der Waals surface area contributed by atoms with E-state index in [4.69, 9.17) is 0 Å². The average molecular weight is 393 g/mol. The maximum atomic E-state index is 10.0. The number of benzene rings is 3. The highest BCUT2D eigenvalue weighted by molar-refractivity contribution is 5.76. The van der Waals surface area contributed by atoms with Crippen LogP contribution >= 0.6 is 0 Å². The van der Waals surface area contributed by atoms with E-state index in [1.165, 1.54) is 36.0 Å². The first-order valence-electron chi connectivity index (χ1n) is 10.9. The Morgan fingerprint density at radius 3 is 2.30 bits per heavy atom. The van der Waals surface area contributed by atoms with E-state index < -0.39 is 0 Å². The van der Waals surface area contributed by atoms with Crippen molar-refractivity contribution in [3.8, 4) is 17.2 Å². The highest BCUT2D eigenvalue weighted by Crippen LogP contribution is 2.33. The number of nitrogens with one attached hydrogen (secondary N) is 1. The van der Waals surface area contributed by atoms with Crippen LogP contribution in [-0.4, -0.2) is 6.54 Å². The molecule has 0 aromatic heterocycles. The van der Waals surface area contributed by atoms with Gasteiger partial charge in [-0.15, -0.1) is 0 Å². The standard InChI is InChI=1S/C28H28N2/c29-21-27-26(17-16-23-11-7-12-23)25(24-14-5-2-6-15-24)18-19-28(27)30-20-8-13-22-9-3-1-4-10-22/h1-6,9-10,14-16,18-19,30H,7-8,11-13,17,20H2. The lowest BCUT2D eigenvalue weighted by Gasteiger charge is -2.19. The Kier molecular flexibility index (Phi) is 6.62. The van der Waals surface area contributed by atoms with Gasteiger partial charge >= 0.3 is 0 Å². The Bertz CT molecular complexity index is 1040. The minimum absolute atomic E-state index is 0.784. The van der Waals surface area contributed by atoms with Gasteiger partial charge < -0.3 is 5.32 Å². The lowest BCUT2D eigenvalue weighted by molar-refractivity contribution is 0.658. The second-order valence-electron chi connectivity index (χ2n) is 7.93. The fourth-order valence-corrected chi connectivity index (χ4v) is 4.01. The molecule has 1 aliphatic carbocycles. The van der Waals surface area contributed by atoms with E-state index in [0.717, 1.165) is 48.2 Å². The molecule has 1 N–H and O–H groups in total. The first kappa shape index (κ1) is 20.0. The molecule has 2 heteroatoms. The second kappa shape index (κ2) is 9.94. The summed E-state index contributed by atoms with van der Waals surface area (Å²) < 4.78 is 0. The zero-order valence-corrected chi connectivity index (χ0v) is 17.4. The molecule has 0 radical (unpaired) electrons. The minimum Gasteiger partial charge on any atom is -0.384 e. The van der Waals surface area contributed by atoms with Crippen LogP contribution in [0.1, 0.15) is 42.4 Å². The Morgan fingerprint density at radius 1 is 0.900 bits per heavy atom. The van der Waals surface area contributed by atoms with E-state index in [1.807, 2.05) is 6.07 Å². The number of allylic oxidation sites excluding steroid dienone is 2. The number of nitriles is 1. The average Bonchev–Trinajstić information content (AvgIpc) is 2.77. The number of hydrogen-bond donors (Lipinski definition) is 1. The van der Waals surface area contributed by atoms with Crippen molar-refractivity contribution < 1.29 is 0 Å². The lowest BCUT2D eigenvalue weighted by Crippen LogP contribution is -2.07. The second-order valence-corrected chi connectivity index (χ2v) is 7.93. The summed E-state index contributed by atoms with van der Waals surface area (Å²) in [6, 6.07) is 27.7. The fraction of sp³-hybridized carbons (Fsp3) is 0.250. The predicted molar refractivity (Wildman–Crippen MR) is 125 cm³/mol. The quantitative estimate of drug-likeness (QED) is 0.333. The van der Waals surface area contributed by atoms with Gasteiger partial charge in [-0.3, -0.25) is 0 Å². The van der Waals surface area contributed by atoms with Crippen molar-refractivity contribution in [3.05, 3.63) is 101 Å². The van der Waals surface area contributed by atoms with Crippen LogP contribution in [0.3, 0.4) is 0 Å². The van der Waals surface area contributed by atoms with Gasteiger partial charge in [-0.05, 0) is 66.8 Å². The molecule has 0 spiro atoms. The Balaban J connectivity index is 1.55. The molecule has 30 heavy (non-hydrogen) atoms. The molecule has 1 aliphatic rings. The smallest absolute Gasteiger partial charge is 0.102 e.